The average molecular weight is 339 g/mol. The van der Waals surface area contributed by atoms with Crippen LogP contribution in [0.5, 0.6) is 5.75 Å². The lowest BCUT2D eigenvalue weighted by atomic mass is 9.52. The zero-order valence-corrected chi connectivity index (χ0v) is 15.4. The van der Waals surface area contributed by atoms with E-state index in [9.17, 15) is 9.90 Å². The summed E-state index contributed by atoms with van der Waals surface area (Å²) >= 11 is 0. The second-order valence-electron chi connectivity index (χ2n) is 8.27. The van der Waals surface area contributed by atoms with Crippen molar-refractivity contribution in [3.8, 4) is 5.75 Å². The van der Waals surface area contributed by atoms with Gasteiger partial charge in [-0.15, -0.1) is 0 Å². The molecule has 3 aliphatic rings. The lowest BCUT2D eigenvalue weighted by Gasteiger charge is -2.57. The first-order valence-electron chi connectivity index (χ1n) is 9.80. The van der Waals surface area contributed by atoms with E-state index in [4.69, 9.17) is 0 Å². The molecule has 2 bridgehead atoms. The van der Waals surface area contributed by atoms with Crippen molar-refractivity contribution in [3.05, 3.63) is 41.0 Å². The number of aromatic hydroxyl groups is 1. The number of piperidine rings is 1. The van der Waals surface area contributed by atoms with Crippen LogP contribution in [-0.4, -0.2) is 35.4 Å². The molecule has 3 heteroatoms. The minimum absolute atomic E-state index is 0.109. The molecule has 1 aromatic carbocycles. The summed E-state index contributed by atoms with van der Waals surface area (Å²) in [6.07, 6.45) is 9.01. The number of likely N-dealkylation sites (N-methyl/N-ethyl adjacent to an activating group) is 1. The van der Waals surface area contributed by atoms with Gasteiger partial charge in [0, 0.05) is 17.9 Å². The summed E-state index contributed by atoms with van der Waals surface area (Å²) in [4.78, 5) is 15.1. The molecule has 1 N–H and O–H groups in total. The molecular weight excluding hydrogens is 310 g/mol. The summed E-state index contributed by atoms with van der Waals surface area (Å²) in [5, 5.41) is 10.1. The van der Waals surface area contributed by atoms with Crippen LogP contribution in [0, 0.1) is 5.92 Å². The molecule has 0 spiro atoms. The number of carbonyl (C=O) groups excluding carboxylic acids is 1. The number of allylic oxidation sites excluding steroid dienone is 2. The van der Waals surface area contributed by atoms with Crippen molar-refractivity contribution in [1.29, 1.82) is 0 Å². The summed E-state index contributed by atoms with van der Waals surface area (Å²) in [6.45, 7) is 3.24. The third-order valence-corrected chi connectivity index (χ3v) is 6.98. The van der Waals surface area contributed by atoms with Crippen molar-refractivity contribution < 1.29 is 9.90 Å². The Labute approximate surface area is 150 Å². The number of hydrogen-bond donors (Lipinski definition) is 1. The van der Waals surface area contributed by atoms with Gasteiger partial charge in [0.15, 0.2) is 5.78 Å². The molecule has 3 nitrogen and oxygen atoms in total. The fourth-order valence-electron chi connectivity index (χ4n) is 5.51. The van der Waals surface area contributed by atoms with Crippen LogP contribution in [0.15, 0.2) is 29.8 Å². The van der Waals surface area contributed by atoms with Gasteiger partial charge >= 0.3 is 0 Å². The standard InChI is InChI=1S/C22H29NO2/c1-3-4-5-21(25)16-8-9-22-10-11-23(2)20(19(22)12-16)13-15-6-7-17(24)14-18(15)22/h6-8,14,19-20,24H,3-5,9-13H2,1-2H3/t19-,20?,22?/m1/s1. The van der Waals surface area contributed by atoms with Gasteiger partial charge in [-0.05, 0) is 80.4 Å². The lowest BCUT2D eigenvalue weighted by Crippen LogP contribution is -2.59. The largest absolute Gasteiger partial charge is 0.508 e. The van der Waals surface area contributed by atoms with Crippen LogP contribution in [0.25, 0.3) is 0 Å². The Bertz CT molecular complexity index is 723. The second-order valence-corrected chi connectivity index (χ2v) is 8.27. The van der Waals surface area contributed by atoms with Crippen LogP contribution in [0.3, 0.4) is 0 Å². The first-order valence-corrected chi connectivity index (χ1v) is 9.80. The molecule has 1 aliphatic heterocycles. The Morgan fingerprint density at radius 2 is 2.20 bits per heavy atom. The molecule has 134 valence electrons. The molecule has 1 saturated heterocycles. The van der Waals surface area contributed by atoms with Crippen LogP contribution in [0.2, 0.25) is 0 Å². The number of phenolic OH excluding ortho intramolecular Hbond substituents is 1. The van der Waals surface area contributed by atoms with Gasteiger partial charge in [0.1, 0.15) is 5.75 Å². The summed E-state index contributed by atoms with van der Waals surface area (Å²) in [5.74, 6) is 1.23. The van der Waals surface area contributed by atoms with E-state index < -0.39 is 0 Å². The van der Waals surface area contributed by atoms with Crippen molar-refractivity contribution in [3.63, 3.8) is 0 Å². The minimum atomic E-state index is 0.109. The Morgan fingerprint density at radius 3 is 3.00 bits per heavy atom. The predicted molar refractivity (Wildman–Crippen MR) is 99.9 cm³/mol. The molecule has 0 radical (unpaired) electrons. The van der Waals surface area contributed by atoms with Gasteiger partial charge in [0.05, 0.1) is 0 Å². The van der Waals surface area contributed by atoms with Gasteiger partial charge in [-0.25, -0.2) is 0 Å². The van der Waals surface area contributed by atoms with Gasteiger partial charge in [-0.2, -0.15) is 0 Å². The molecule has 1 fully saturated rings. The van der Waals surface area contributed by atoms with Gasteiger partial charge in [-0.3, -0.25) is 4.79 Å². The van der Waals surface area contributed by atoms with E-state index >= 15 is 0 Å². The third-order valence-electron chi connectivity index (χ3n) is 6.98. The molecule has 1 heterocycles. The van der Waals surface area contributed by atoms with E-state index in [0.717, 1.165) is 50.6 Å². The minimum Gasteiger partial charge on any atom is -0.508 e. The van der Waals surface area contributed by atoms with E-state index in [1.807, 2.05) is 12.1 Å². The highest BCUT2D eigenvalue weighted by atomic mass is 16.3. The lowest BCUT2D eigenvalue weighted by molar-refractivity contribution is -0.116. The highest BCUT2D eigenvalue weighted by molar-refractivity contribution is 5.95. The monoisotopic (exact) mass is 339 g/mol. The summed E-state index contributed by atoms with van der Waals surface area (Å²) in [7, 11) is 2.23. The first kappa shape index (κ1) is 16.8. The molecule has 25 heavy (non-hydrogen) atoms. The van der Waals surface area contributed by atoms with E-state index in [-0.39, 0.29) is 5.41 Å². The predicted octanol–water partition coefficient (Wildman–Crippen LogP) is 3.99. The Hall–Kier alpha value is -1.61. The third kappa shape index (κ3) is 2.64. The van der Waals surface area contributed by atoms with Crippen molar-refractivity contribution in [2.75, 3.05) is 13.6 Å². The Balaban J connectivity index is 1.73. The van der Waals surface area contributed by atoms with Crippen LogP contribution in [0.1, 0.15) is 56.6 Å². The van der Waals surface area contributed by atoms with Crippen molar-refractivity contribution in [2.24, 2.45) is 5.92 Å². The number of Topliss-reactive ketones (excluding diaryl/α,β-unsaturated/α-hetero) is 1. The van der Waals surface area contributed by atoms with Gasteiger partial charge in [0.25, 0.3) is 0 Å². The van der Waals surface area contributed by atoms with Crippen molar-refractivity contribution in [2.45, 2.75) is 63.3 Å². The maximum atomic E-state index is 12.6. The van der Waals surface area contributed by atoms with Gasteiger partial charge in [0.2, 0.25) is 0 Å². The SMILES string of the molecule is CCCCC(=O)C1=CCC23CCN(C)C(Cc4ccc(O)cc42)[C@H]3C1. The molecule has 0 amide bonds. The average Bonchev–Trinajstić information content (AvgIpc) is 2.62. The summed E-state index contributed by atoms with van der Waals surface area (Å²) < 4.78 is 0. The molecular formula is C22H29NO2. The van der Waals surface area contributed by atoms with Crippen LogP contribution < -0.4 is 0 Å². The van der Waals surface area contributed by atoms with E-state index in [1.165, 1.54) is 11.1 Å². The highest BCUT2D eigenvalue weighted by Crippen LogP contribution is 2.55. The molecule has 1 aromatic rings. The number of unbranched alkanes of at least 4 members (excludes halogenated alkanes) is 1. The number of likely N-dealkylation sites (tertiary alicyclic amines) is 1. The van der Waals surface area contributed by atoms with E-state index in [0.29, 0.717) is 29.9 Å². The topological polar surface area (TPSA) is 40.5 Å². The summed E-state index contributed by atoms with van der Waals surface area (Å²) in [6, 6.07) is 6.44. The zero-order valence-electron chi connectivity index (χ0n) is 15.4. The smallest absolute Gasteiger partial charge is 0.158 e. The van der Waals surface area contributed by atoms with Crippen LogP contribution in [0.4, 0.5) is 0 Å². The molecule has 3 atom stereocenters. The molecule has 2 aliphatic carbocycles. The second kappa shape index (κ2) is 6.28. The van der Waals surface area contributed by atoms with Crippen molar-refractivity contribution >= 4 is 5.78 Å². The zero-order chi connectivity index (χ0) is 17.6. The maximum absolute atomic E-state index is 12.6. The Morgan fingerprint density at radius 1 is 1.36 bits per heavy atom. The number of ketones is 1. The Kier molecular flexibility index (Phi) is 4.23. The van der Waals surface area contributed by atoms with E-state index in [1.54, 1.807) is 0 Å². The highest BCUT2D eigenvalue weighted by Gasteiger charge is 2.53. The quantitative estimate of drug-likeness (QED) is 0.902. The number of nitrogens with zero attached hydrogens (tertiary/aromatic N) is 1. The first-order chi connectivity index (χ1) is 12.0. The van der Waals surface area contributed by atoms with Crippen LogP contribution >= 0.6 is 0 Å². The van der Waals surface area contributed by atoms with Gasteiger partial charge < -0.3 is 10.0 Å². The van der Waals surface area contributed by atoms with Crippen molar-refractivity contribution in [1.82, 2.24) is 4.90 Å². The molecule has 4 rings (SSSR count). The number of fused-ring (bicyclic) bond motifs is 1. The van der Waals surface area contributed by atoms with Gasteiger partial charge in [-0.1, -0.05) is 25.5 Å². The molecule has 2 unspecified atom stereocenters. The molecule has 0 aromatic heterocycles. The van der Waals surface area contributed by atoms with Crippen LogP contribution in [-0.2, 0) is 16.6 Å². The van der Waals surface area contributed by atoms with E-state index in [2.05, 4.69) is 31.0 Å². The summed E-state index contributed by atoms with van der Waals surface area (Å²) in [5.41, 5.74) is 3.91. The normalized spacial score (nSPS) is 31.0. The number of rotatable bonds is 4. The number of phenols is 1. The fourth-order valence-corrected chi connectivity index (χ4v) is 5.51. The number of carbonyl (C=O) groups is 1. The maximum Gasteiger partial charge on any atom is 0.158 e. The fraction of sp³-hybridized carbons (Fsp3) is 0.591. The molecule has 0 saturated carbocycles. The number of benzene rings is 1. The number of hydrogen-bond acceptors (Lipinski definition) is 3.